The molecule has 0 saturated carbocycles. The highest BCUT2D eigenvalue weighted by atomic mass is 35.5. The SMILES string of the molecule is Cc1nc(C)c2c(n1)=NC1=CC=CC(Cc3ccc(CC(=O)NCc4ccc(C(=O)O)cc4)cc3)C=21.Cl.Cl. The first-order valence-electron chi connectivity index (χ1n) is 11.9. The van der Waals surface area contributed by atoms with Crippen LogP contribution in [0.25, 0.3) is 5.57 Å². The monoisotopic (exact) mass is 550 g/mol. The second-order valence-corrected chi connectivity index (χ2v) is 9.10. The number of carboxylic acid groups (broad SMARTS) is 1. The third-order valence-electron chi connectivity index (χ3n) is 6.46. The number of carboxylic acids is 1. The van der Waals surface area contributed by atoms with Gasteiger partial charge in [0.15, 0.2) is 5.49 Å². The molecule has 0 fully saturated rings. The molecule has 9 heteroatoms. The molecule has 1 aliphatic heterocycles. The summed E-state index contributed by atoms with van der Waals surface area (Å²) in [6, 6.07) is 14.6. The predicted octanol–water partition coefficient (Wildman–Crippen LogP) is 3.59. The Morgan fingerprint density at radius 2 is 1.58 bits per heavy atom. The van der Waals surface area contributed by atoms with Crippen molar-refractivity contribution in [3.8, 4) is 0 Å². The van der Waals surface area contributed by atoms with Gasteiger partial charge in [0.05, 0.1) is 23.4 Å². The van der Waals surface area contributed by atoms with Crippen LogP contribution >= 0.6 is 24.8 Å². The van der Waals surface area contributed by atoms with Crippen molar-refractivity contribution in [1.82, 2.24) is 15.3 Å². The van der Waals surface area contributed by atoms with Crippen LogP contribution in [0.15, 0.2) is 77.4 Å². The zero-order valence-electron chi connectivity index (χ0n) is 21.0. The number of allylic oxidation sites excluding steroid dienone is 4. The first-order valence-corrected chi connectivity index (χ1v) is 11.9. The molecule has 2 aromatic carbocycles. The minimum atomic E-state index is -0.966. The number of hydrogen-bond acceptors (Lipinski definition) is 5. The van der Waals surface area contributed by atoms with Crippen molar-refractivity contribution in [2.24, 2.45) is 10.9 Å². The van der Waals surface area contributed by atoms with Crippen LogP contribution in [0.5, 0.6) is 0 Å². The normalized spacial score (nSPS) is 14.7. The third kappa shape index (κ3) is 6.18. The molecule has 38 heavy (non-hydrogen) atoms. The summed E-state index contributed by atoms with van der Waals surface area (Å²) in [5.74, 6) is -0.136. The number of nitrogens with one attached hydrogen (secondary N) is 1. The number of rotatable bonds is 7. The molecule has 0 spiro atoms. The minimum absolute atomic E-state index is 0. The fourth-order valence-corrected chi connectivity index (χ4v) is 4.70. The highest BCUT2D eigenvalue weighted by molar-refractivity contribution is 5.87. The lowest BCUT2D eigenvalue weighted by molar-refractivity contribution is -0.120. The van der Waals surface area contributed by atoms with Crippen molar-refractivity contribution in [1.29, 1.82) is 0 Å². The molecule has 1 aliphatic carbocycles. The Morgan fingerprint density at radius 3 is 2.26 bits per heavy atom. The molecule has 3 aromatic rings. The Bertz CT molecular complexity index is 1550. The van der Waals surface area contributed by atoms with Crippen molar-refractivity contribution in [3.63, 3.8) is 0 Å². The molecule has 1 unspecified atom stereocenters. The Morgan fingerprint density at radius 1 is 0.921 bits per heavy atom. The molecule has 1 aromatic heterocycles. The molecule has 1 amide bonds. The van der Waals surface area contributed by atoms with Crippen LogP contribution in [0.2, 0.25) is 0 Å². The van der Waals surface area contributed by atoms with Gasteiger partial charge in [-0.2, -0.15) is 0 Å². The average Bonchev–Trinajstić information content (AvgIpc) is 3.24. The number of carbonyl (C=O) groups is 2. The van der Waals surface area contributed by atoms with E-state index in [0.717, 1.165) is 45.5 Å². The lowest BCUT2D eigenvalue weighted by Crippen LogP contribution is -2.33. The molecule has 2 aliphatic rings. The van der Waals surface area contributed by atoms with Crippen molar-refractivity contribution in [2.75, 3.05) is 0 Å². The largest absolute Gasteiger partial charge is 0.478 e. The molecule has 1 atom stereocenters. The van der Waals surface area contributed by atoms with E-state index < -0.39 is 5.97 Å². The van der Waals surface area contributed by atoms with Crippen LogP contribution in [0.3, 0.4) is 0 Å². The zero-order chi connectivity index (χ0) is 25.2. The summed E-state index contributed by atoms with van der Waals surface area (Å²) in [7, 11) is 0. The van der Waals surface area contributed by atoms with E-state index in [1.54, 1.807) is 12.1 Å². The van der Waals surface area contributed by atoms with Crippen LogP contribution in [0.4, 0.5) is 0 Å². The van der Waals surface area contributed by atoms with E-state index >= 15 is 0 Å². The smallest absolute Gasteiger partial charge is 0.335 e. The minimum Gasteiger partial charge on any atom is -0.478 e. The van der Waals surface area contributed by atoms with Gasteiger partial charge in [-0.05, 0) is 60.7 Å². The van der Waals surface area contributed by atoms with Crippen molar-refractivity contribution < 1.29 is 14.7 Å². The molecule has 2 heterocycles. The fourth-order valence-electron chi connectivity index (χ4n) is 4.70. The van der Waals surface area contributed by atoms with E-state index in [9.17, 15) is 9.59 Å². The van der Waals surface area contributed by atoms with E-state index in [2.05, 4.69) is 39.6 Å². The number of hydrogen-bond donors (Lipinski definition) is 2. The van der Waals surface area contributed by atoms with E-state index in [-0.39, 0.29) is 48.6 Å². The number of amides is 1. The van der Waals surface area contributed by atoms with Gasteiger partial charge in [0, 0.05) is 17.7 Å². The lowest BCUT2D eigenvalue weighted by atomic mass is 9.86. The number of nitrogens with zero attached hydrogens (tertiary/aromatic N) is 3. The van der Waals surface area contributed by atoms with Crippen molar-refractivity contribution >= 4 is 42.3 Å². The summed E-state index contributed by atoms with van der Waals surface area (Å²) in [4.78, 5) is 37.2. The van der Waals surface area contributed by atoms with Crippen LogP contribution in [0, 0.1) is 19.8 Å². The summed E-state index contributed by atoms with van der Waals surface area (Å²) in [6.45, 7) is 4.26. The van der Waals surface area contributed by atoms with Gasteiger partial charge in [-0.25, -0.2) is 19.8 Å². The molecule has 0 bridgehead atoms. The van der Waals surface area contributed by atoms with Gasteiger partial charge in [0.1, 0.15) is 5.82 Å². The molecule has 0 saturated heterocycles. The molecule has 7 nitrogen and oxygen atoms in total. The quantitative estimate of drug-likeness (QED) is 0.467. The molecule has 2 N–H and O–H groups in total. The second kappa shape index (κ2) is 12.2. The van der Waals surface area contributed by atoms with Gasteiger partial charge >= 0.3 is 5.97 Å². The lowest BCUT2D eigenvalue weighted by Gasteiger charge is -2.19. The molecule has 0 radical (unpaired) electrons. The van der Waals surface area contributed by atoms with Crippen LogP contribution in [0.1, 0.15) is 38.6 Å². The summed E-state index contributed by atoms with van der Waals surface area (Å²) in [6.07, 6.45) is 7.40. The van der Waals surface area contributed by atoms with E-state index in [1.807, 2.05) is 32.1 Å². The number of aryl methyl sites for hydroxylation is 2. The van der Waals surface area contributed by atoms with Gasteiger partial charge in [0.25, 0.3) is 0 Å². The Kier molecular flexibility index (Phi) is 9.20. The first-order chi connectivity index (χ1) is 17.4. The summed E-state index contributed by atoms with van der Waals surface area (Å²) >= 11 is 0. The maximum absolute atomic E-state index is 12.4. The van der Waals surface area contributed by atoms with Gasteiger partial charge in [-0.1, -0.05) is 48.6 Å². The van der Waals surface area contributed by atoms with Gasteiger partial charge in [-0.3, -0.25) is 4.79 Å². The van der Waals surface area contributed by atoms with Crippen LogP contribution < -0.4 is 16.0 Å². The summed E-state index contributed by atoms with van der Waals surface area (Å²) < 4.78 is 0. The molecular weight excluding hydrogens is 523 g/mol. The van der Waals surface area contributed by atoms with Crippen molar-refractivity contribution in [3.05, 3.63) is 117 Å². The first kappa shape index (κ1) is 28.8. The topological polar surface area (TPSA) is 105 Å². The van der Waals surface area contributed by atoms with E-state index in [4.69, 9.17) is 10.1 Å². The van der Waals surface area contributed by atoms with Crippen LogP contribution in [-0.2, 0) is 24.2 Å². The van der Waals surface area contributed by atoms with Gasteiger partial charge in [0.2, 0.25) is 5.91 Å². The average molecular weight is 551 g/mol. The second-order valence-electron chi connectivity index (χ2n) is 9.10. The maximum atomic E-state index is 12.4. The van der Waals surface area contributed by atoms with E-state index in [1.165, 1.54) is 23.3 Å². The summed E-state index contributed by atoms with van der Waals surface area (Å²) in [5.41, 5.74) is 7.06. The highest BCUT2D eigenvalue weighted by Crippen LogP contribution is 2.31. The Labute approximate surface area is 233 Å². The number of benzene rings is 2. The Hall–Kier alpha value is -3.81. The van der Waals surface area contributed by atoms with Crippen LogP contribution in [-0.4, -0.2) is 27.0 Å². The highest BCUT2D eigenvalue weighted by Gasteiger charge is 2.25. The predicted molar refractivity (Wildman–Crippen MR) is 150 cm³/mol. The summed E-state index contributed by atoms with van der Waals surface area (Å²) in [5, 5.41) is 12.9. The van der Waals surface area contributed by atoms with Crippen molar-refractivity contribution in [2.45, 2.75) is 33.2 Å². The fraction of sp³-hybridized carbons (Fsp3) is 0.207. The molecule has 196 valence electrons. The maximum Gasteiger partial charge on any atom is 0.335 e. The molecular formula is C29H28Cl2N4O3. The number of halogens is 2. The molecule has 5 rings (SSSR count). The Balaban J connectivity index is 0.00000200. The number of aromatic carboxylic acids is 1. The number of carbonyl (C=O) groups excluding carboxylic acids is 1. The number of fused-ring (bicyclic) bond motifs is 2. The third-order valence-corrected chi connectivity index (χ3v) is 6.46. The zero-order valence-corrected chi connectivity index (χ0v) is 22.6. The number of aromatic nitrogens is 2. The van der Waals surface area contributed by atoms with E-state index in [0.29, 0.717) is 6.54 Å². The van der Waals surface area contributed by atoms with Gasteiger partial charge < -0.3 is 10.4 Å². The standard InChI is InChI=1S/C29H26N4O3.2ClH/c1-17-26-27-23(4-3-5-24(27)33-28(26)32-18(2)31-17)14-19-6-8-20(9-7-19)15-25(34)30-16-21-10-12-22(13-11-21)29(35)36;;/h3-13,23H,14-16H2,1-2H3,(H,30,34)(H,35,36);2*1H. The van der Waals surface area contributed by atoms with Gasteiger partial charge in [-0.15, -0.1) is 24.8 Å².